The smallest absolute Gasteiger partial charge is 0.267 e. The van der Waals surface area contributed by atoms with Gasteiger partial charge in [0.1, 0.15) is 5.75 Å². The van der Waals surface area contributed by atoms with Gasteiger partial charge >= 0.3 is 0 Å². The van der Waals surface area contributed by atoms with Crippen LogP contribution in [0.4, 0.5) is 11.4 Å². The van der Waals surface area contributed by atoms with Crippen molar-refractivity contribution in [1.29, 1.82) is 0 Å². The summed E-state index contributed by atoms with van der Waals surface area (Å²) in [7, 11) is 0. The topological polar surface area (TPSA) is 58.6 Å². The first-order valence-electron chi connectivity index (χ1n) is 8.44. The second-order valence-corrected chi connectivity index (χ2v) is 6.61. The van der Waals surface area contributed by atoms with E-state index in [9.17, 15) is 9.59 Å². The van der Waals surface area contributed by atoms with E-state index in [1.807, 2.05) is 24.3 Å². The molecule has 0 spiro atoms. The molecule has 1 aliphatic heterocycles. The van der Waals surface area contributed by atoms with Crippen molar-refractivity contribution in [3.8, 4) is 5.75 Å². The molecule has 130 valence electrons. The second-order valence-electron chi connectivity index (χ2n) is 6.61. The van der Waals surface area contributed by atoms with Gasteiger partial charge in [0.15, 0.2) is 6.10 Å². The number of amides is 2. The van der Waals surface area contributed by atoms with Crippen LogP contribution in [0.3, 0.4) is 0 Å². The van der Waals surface area contributed by atoms with E-state index in [2.05, 4.69) is 19.2 Å². The number of rotatable bonds is 4. The molecule has 1 N–H and O–H groups in total. The molecule has 1 atom stereocenters. The second kappa shape index (κ2) is 6.97. The summed E-state index contributed by atoms with van der Waals surface area (Å²) >= 11 is 0. The van der Waals surface area contributed by atoms with Gasteiger partial charge in [-0.2, -0.15) is 0 Å². The summed E-state index contributed by atoms with van der Waals surface area (Å²) in [5.41, 5.74) is 1.97. The predicted molar refractivity (Wildman–Crippen MR) is 98.1 cm³/mol. The van der Waals surface area contributed by atoms with Crippen LogP contribution in [0.5, 0.6) is 5.75 Å². The Kier molecular flexibility index (Phi) is 4.74. The van der Waals surface area contributed by atoms with Gasteiger partial charge in [0.2, 0.25) is 0 Å². The van der Waals surface area contributed by atoms with Crippen LogP contribution in [-0.4, -0.2) is 24.5 Å². The molecule has 0 saturated carbocycles. The third-order valence-electron chi connectivity index (χ3n) is 4.01. The molecule has 5 heteroatoms. The van der Waals surface area contributed by atoms with Crippen molar-refractivity contribution >= 4 is 23.2 Å². The summed E-state index contributed by atoms with van der Waals surface area (Å²) in [5.74, 6) is 0.736. The molecule has 0 aromatic heterocycles. The molecule has 2 amide bonds. The summed E-state index contributed by atoms with van der Waals surface area (Å²) in [5, 5.41) is 2.87. The monoisotopic (exact) mass is 338 g/mol. The van der Waals surface area contributed by atoms with Gasteiger partial charge in [-0.1, -0.05) is 32.0 Å². The number of carbonyl (C=O) groups excluding carboxylic acids is 2. The molecule has 1 heterocycles. The molecule has 1 unspecified atom stereocenters. The largest absolute Gasteiger partial charge is 0.479 e. The number of nitrogens with one attached hydrogen (secondary N) is 1. The number of benzene rings is 2. The number of anilines is 2. The predicted octanol–water partition coefficient (Wildman–Crippen LogP) is 3.71. The van der Waals surface area contributed by atoms with Gasteiger partial charge in [-0.3, -0.25) is 9.59 Å². The third-order valence-corrected chi connectivity index (χ3v) is 4.01. The Balaban J connectivity index is 1.85. The molecule has 0 radical (unpaired) electrons. The lowest BCUT2D eigenvalue weighted by Gasteiger charge is -2.34. The highest BCUT2D eigenvalue weighted by atomic mass is 16.5. The summed E-state index contributed by atoms with van der Waals surface area (Å²) < 4.78 is 5.74. The quantitative estimate of drug-likeness (QED) is 0.924. The highest BCUT2D eigenvalue weighted by molar-refractivity contribution is 6.05. The Hall–Kier alpha value is -2.82. The molecule has 2 aromatic carbocycles. The van der Waals surface area contributed by atoms with Gasteiger partial charge in [-0.25, -0.2) is 0 Å². The van der Waals surface area contributed by atoms with Crippen LogP contribution < -0.4 is 15.0 Å². The van der Waals surface area contributed by atoms with Gasteiger partial charge in [-0.15, -0.1) is 0 Å². The average Bonchev–Trinajstić information content (AvgIpc) is 2.59. The molecular weight excluding hydrogens is 316 g/mol. The van der Waals surface area contributed by atoms with Gasteiger partial charge in [0.05, 0.1) is 5.69 Å². The minimum atomic E-state index is -0.536. The highest BCUT2D eigenvalue weighted by Crippen LogP contribution is 2.36. The normalized spacial score (nSPS) is 16.4. The van der Waals surface area contributed by atoms with Crippen molar-refractivity contribution in [1.82, 2.24) is 0 Å². The Morgan fingerprint density at radius 1 is 1.20 bits per heavy atom. The van der Waals surface area contributed by atoms with Gasteiger partial charge in [0, 0.05) is 23.9 Å². The molecule has 0 aliphatic carbocycles. The van der Waals surface area contributed by atoms with Gasteiger partial charge in [0.25, 0.3) is 11.8 Å². The molecule has 25 heavy (non-hydrogen) atoms. The third kappa shape index (κ3) is 3.65. The molecule has 0 saturated heterocycles. The van der Waals surface area contributed by atoms with E-state index < -0.39 is 6.10 Å². The number of carbonyl (C=O) groups is 2. The van der Waals surface area contributed by atoms with Crippen molar-refractivity contribution in [3.05, 3.63) is 54.1 Å². The van der Waals surface area contributed by atoms with Crippen molar-refractivity contribution in [2.75, 3.05) is 16.8 Å². The van der Waals surface area contributed by atoms with Crippen LogP contribution in [0.15, 0.2) is 48.5 Å². The van der Waals surface area contributed by atoms with Crippen molar-refractivity contribution < 1.29 is 14.3 Å². The Bertz CT molecular complexity index is 787. The fraction of sp³-hybridized carbons (Fsp3) is 0.300. The lowest BCUT2D eigenvalue weighted by Crippen LogP contribution is -2.46. The first-order valence-corrected chi connectivity index (χ1v) is 8.44. The van der Waals surface area contributed by atoms with E-state index in [0.29, 0.717) is 29.5 Å². The summed E-state index contributed by atoms with van der Waals surface area (Å²) in [4.78, 5) is 26.5. The van der Waals surface area contributed by atoms with Crippen LogP contribution in [-0.2, 0) is 4.79 Å². The number of nitrogens with zero attached hydrogens (tertiary/aromatic N) is 1. The molecular formula is C20H22N2O3. The lowest BCUT2D eigenvalue weighted by atomic mass is 10.1. The first-order chi connectivity index (χ1) is 12.0. The Morgan fingerprint density at radius 2 is 1.92 bits per heavy atom. The zero-order valence-corrected chi connectivity index (χ0v) is 14.7. The maximum Gasteiger partial charge on any atom is 0.267 e. The van der Waals surface area contributed by atoms with E-state index >= 15 is 0 Å². The SMILES string of the molecule is CC(C)CN1C(=O)C(C)Oc2cc(NC(=O)c3ccccc3)ccc21. The highest BCUT2D eigenvalue weighted by Gasteiger charge is 2.31. The van der Waals surface area contributed by atoms with E-state index in [4.69, 9.17) is 4.74 Å². The van der Waals surface area contributed by atoms with Crippen LogP contribution >= 0.6 is 0 Å². The minimum Gasteiger partial charge on any atom is -0.479 e. The number of hydrogen-bond acceptors (Lipinski definition) is 3. The molecule has 3 rings (SSSR count). The maximum atomic E-state index is 12.4. The molecule has 2 aromatic rings. The van der Waals surface area contributed by atoms with E-state index in [0.717, 1.165) is 5.69 Å². The van der Waals surface area contributed by atoms with Crippen LogP contribution in [0, 0.1) is 5.92 Å². The van der Waals surface area contributed by atoms with Crippen molar-refractivity contribution in [3.63, 3.8) is 0 Å². The molecule has 0 bridgehead atoms. The fourth-order valence-corrected chi connectivity index (χ4v) is 2.83. The molecule has 0 fully saturated rings. The van der Waals surface area contributed by atoms with E-state index in [-0.39, 0.29) is 11.8 Å². The zero-order chi connectivity index (χ0) is 18.0. The first kappa shape index (κ1) is 17.0. The van der Waals surface area contributed by atoms with E-state index in [1.165, 1.54) is 0 Å². The summed E-state index contributed by atoms with van der Waals surface area (Å²) in [6.07, 6.45) is -0.536. The van der Waals surface area contributed by atoms with Crippen molar-refractivity contribution in [2.24, 2.45) is 5.92 Å². The standard InChI is InChI=1S/C20H22N2O3/c1-13(2)12-22-17-10-9-16(11-18(17)25-14(3)20(22)24)21-19(23)15-7-5-4-6-8-15/h4-11,13-14H,12H2,1-3H3,(H,21,23). The van der Waals surface area contributed by atoms with Crippen LogP contribution in [0.1, 0.15) is 31.1 Å². The minimum absolute atomic E-state index is 0.0396. The Morgan fingerprint density at radius 3 is 2.60 bits per heavy atom. The molecule has 1 aliphatic rings. The lowest BCUT2D eigenvalue weighted by molar-refractivity contribution is -0.125. The van der Waals surface area contributed by atoms with Gasteiger partial charge in [-0.05, 0) is 37.1 Å². The fourth-order valence-electron chi connectivity index (χ4n) is 2.83. The zero-order valence-electron chi connectivity index (χ0n) is 14.7. The maximum absolute atomic E-state index is 12.4. The van der Waals surface area contributed by atoms with Crippen LogP contribution in [0.2, 0.25) is 0 Å². The van der Waals surface area contributed by atoms with Gasteiger partial charge < -0.3 is 15.0 Å². The average molecular weight is 338 g/mol. The Labute approximate surface area is 147 Å². The number of fused-ring (bicyclic) bond motifs is 1. The number of ether oxygens (including phenoxy) is 1. The summed E-state index contributed by atoms with van der Waals surface area (Å²) in [6.45, 7) is 6.52. The molecule has 5 nitrogen and oxygen atoms in total. The van der Waals surface area contributed by atoms with Crippen molar-refractivity contribution in [2.45, 2.75) is 26.9 Å². The van der Waals surface area contributed by atoms with Crippen LogP contribution in [0.25, 0.3) is 0 Å². The number of hydrogen-bond donors (Lipinski definition) is 1. The summed E-state index contributed by atoms with van der Waals surface area (Å²) in [6, 6.07) is 14.4. The van der Waals surface area contributed by atoms with E-state index in [1.54, 1.807) is 36.1 Å².